The number of amides is 1. The maximum Gasteiger partial charge on any atom is 0.246 e. The largest absolute Gasteiger partial charge is 0.505 e. The molecule has 3 aromatic rings. The van der Waals surface area contributed by atoms with Gasteiger partial charge in [0.2, 0.25) is 5.91 Å². The Morgan fingerprint density at radius 1 is 1.34 bits per heavy atom. The van der Waals surface area contributed by atoms with Crippen LogP contribution in [0.2, 0.25) is 0 Å². The molecule has 0 unspecified atom stereocenters. The number of phenolic OH excluding ortho intramolecular Hbond substituents is 1. The third kappa shape index (κ3) is 4.01. The van der Waals surface area contributed by atoms with Crippen molar-refractivity contribution >= 4 is 22.6 Å². The number of halogens is 1. The molecule has 9 heteroatoms. The van der Waals surface area contributed by atoms with E-state index in [4.69, 9.17) is 4.74 Å². The van der Waals surface area contributed by atoms with Gasteiger partial charge in [-0.2, -0.15) is 5.26 Å². The maximum atomic E-state index is 14.2. The molecule has 178 valence electrons. The number of aromatic hydroxyl groups is 1. The van der Waals surface area contributed by atoms with Crippen LogP contribution in [0.1, 0.15) is 18.4 Å². The lowest BCUT2D eigenvalue weighted by molar-refractivity contribution is -0.128. The van der Waals surface area contributed by atoms with Crippen LogP contribution in [-0.2, 0) is 11.2 Å². The zero-order chi connectivity index (χ0) is 24.5. The predicted molar refractivity (Wildman–Crippen MR) is 129 cm³/mol. The van der Waals surface area contributed by atoms with Gasteiger partial charge in [-0.1, -0.05) is 12.6 Å². The predicted octanol–water partition coefficient (Wildman–Crippen LogP) is 3.58. The molecule has 0 bridgehead atoms. The van der Waals surface area contributed by atoms with E-state index in [2.05, 4.69) is 27.5 Å². The minimum absolute atomic E-state index is 0.191. The Kier molecular flexibility index (Phi) is 5.95. The highest BCUT2D eigenvalue weighted by molar-refractivity contribution is 6.00. The quantitative estimate of drug-likeness (QED) is 0.578. The first-order chi connectivity index (χ1) is 17.0. The molecule has 1 aromatic heterocycles. The fraction of sp³-hybridized carbons (Fsp3) is 0.308. The second kappa shape index (κ2) is 9.22. The maximum absolute atomic E-state index is 14.2. The molecule has 2 aliphatic heterocycles. The average molecular weight is 474 g/mol. The van der Waals surface area contributed by atoms with E-state index < -0.39 is 11.6 Å². The summed E-state index contributed by atoms with van der Waals surface area (Å²) in [6.45, 7) is 5.54. The second-order valence-electron chi connectivity index (χ2n) is 8.64. The van der Waals surface area contributed by atoms with E-state index in [1.54, 1.807) is 11.0 Å². The summed E-state index contributed by atoms with van der Waals surface area (Å²) in [4.78, 5) is 25.1. The number of phenols is 1. The van der Waals surface area contributed by atoms with Gasteiger partial charge >= 0.3 is 0 Å². The summed E-state index contributed by atoms with van der Waals surface area (Å²) in [5, 5.41) is 19.7. The standard InChI is InChI=1S/C26H24FN5O3/c1-2-23(34)32-10-9-31(14-17(32)7-8-28)26-24-21(29-15-30-26)13-19(18-4-3-11-35-25(18)24)16-5-6-22(33)20(27)12-16/h2,5-6,12-13,15,17,33H,1,3-4,7,9-11,14H2/t17-/m0/s1. The number of aromatic nitrogens is 2. The normalized spacial score (nSPS) is 17.4. The van der Waals surface area contributed by atoms with Crippen LogP contribution in [0.5, 0.6) is 11.5 Å². The van der Waals surface area contributed by atoms with Gasteiger partial charge in [0.1, 0.15) is 17.9 Å². The lowest BCUT2D eigenvalue weighted by atomic mass is 9.92. The van der Waals surface area contributed by atoms with Crippen molar-refractivity contribution in [3.63, 3.8) is 0 Å². The van der Waals surface area contributed by atoms with Gasteiger partial charge in [-0.25, -0.2) is 14.4 Å². The number of benzene rings is 2. The van der Waals surface area contributed by atoms with Crippen LogP contribution in [0.25, 0.3) is 22.0 Å². The fourth-order valence-electron chi connectivity index (χ4n) is 4.95. The van der Waals surface area contributed by atoms with E-state index in [-0.39, 0.29) is 18.4 Å². The van der Waals surface area contributed by atoms with Crippen molar-refractivity contribution in [2.75, 3.05) is 31.1 Å². The number of rotatable bonds is 4. The number of nitrogens with zero attached hydrogens (tertiary/aromatic N) is 5. The number of carbonyl (C=O) groups is 1. The van der Waals surface area contributed by atoms with Gasteiger partial charge in [-0.3, -0.25) is 4.79 Å². The third-order valence-corrected chi connectivity index (χ3v) is 6.61. The molecular formula is C26H24FN5O3. The molecule has 2 aromatic carbocycles. The average Bonchev–Trinajstić information content (AvgIpc) is 2.89. The van der Waals surface area contributed by atoms with Crippen LogP contribution >= 0.6 is 0 Å². The van der Waals surface area contributed by atoms with Gasteiger partial charge in [0.25, 0.3) is 0 Å². The molecule has 0 spiro atoms. The molecule has 0 aliphatic carbocycles. The summed E-state index contributed by atoms with van der Waals surface area (Å²) in [6, 6.07) is 8.13. The number of anilines is 1. The molecule has 1 saturated heterocycles. The van der Waals surface area contributed by atoms with Gasteiger partial charge in [0.05, 0.1) is 36.0 Å². The number of fused-ring (bicyclic) bond motifs is 3. The van der Waals surface area contributed by atoms with Crippen LogP contribution in [0.3, 0.4) is 0 Å². The van der Waals surface area contributed by atoms with Crippen molar-refractivity contribution < 1.29 is 19.0 Å². The molecule has 1 amide bonds. The number of carbonyl (C=O) groups excluding carboxylic acids is 1. The molecule has 8 nitrogen and oxygen atoms in total. The van der Waals surface area contributed by atoms with E-state index in [1.165, 1.54) is 24.5 Å². The molecule has 3 heterocycles. The van der Waals surface area contributed by atoms with Gasteiger partial charge in [0, 0.05) is 25.2 Å². The van der Waals surface area contributed by atoms with Gasteiger partial charge in [-0.15, -0.1) is 0 Å². The summed E-state index contributed by atoms with van der Waals surface area (Å²) >= 11 is 0. The van der Waals surface area contributed by atoms with Crippen molar-refractivity contribution in [2.24, 2.45) is 0 Å². The zero-order valence-electron chi connectivity index (χ0n) is 19.1. The first-order valence-electron chi connectivity index (χ1n) is 11.5. The minimum atomic E-state index is -0.688. The second-order valence-corrected chi connectivity index (χ2v) is 8.64. The van der Waals surface area contributed by atoms with Crippen molar-refractivity contribution in [2.45, 2.75) is 25.3 Å². The van der Waals surface area contributed by atoms with Gasteiger partial charge in [0.15, 0.2) is 11.6 Å². The van der Waals surface area contributed by atoms with E-state index in [9.17, 15) is 19.6 Å². The summed E-state index contributed by atoms with van der Waals surface area (Å²) in [6.07, 6.45) is 4.52. The number of hydrogen-bond acceptors (Lipinski definition) is 7. The number of nitriles is 1. The number of piperazine rings is 1. The minimum Gasteiger partial charge on any atom is -0.505 e. The van der Waals surface area contributed by atoms with Crippen LogP contribution in [0.15, 0.2) is 43.2 Å². The number of hydrogen-bond donors (Lipinski definition) is 1. The Morgan fingerprint density at radius 2 is 2.20 bits per heavy atom. The first-order valence-corrected chi connectivity index (χ1v) is 11.5. The van der Waals surface area contributed by atoms with Crippen molar-refractivity contribution in [3.8, 4) is 28.7 Å². The van der Waals surface area contributed by atoms with Crippen LogP contribution in [-0.4, -0.2) is 58.2 Å². The summed E-state index contributed by atoms with van der Waals surface area (Å²) in [5.74, 6) is 0.0839. The third-order valence-electron chi connectivity index (χ3n) is 6.61. The molecule has 1 atom stereocenters. The highest BCUT2D eigenvalue weighted by Crippen LogP contribution is 2.43. The van der Waals surface area contributed by atoms with E-state index in [1.807, 2.05) is 6.07 Å². The molecule has 35 heavy (non-hydrogen) atoms. The molecule has 2 aliphatic rings. The van der Waals surface area contributed by atoms with Crippen molar-refractivity contribution in [3.05, 3.63) is 54.6 Å². The molecule has 1 fully saturated rings. The van der Waals surface area contributed by atoms with Crippen molar-refractivity contribution in [1.29, 1.82) is 5.26 Å². The Morgan fingerprint density at radius 3 is 2.97 bits per heavy atom. The molecule has 0 radical (unpaired) electrons. The van der Waals surface area contributed by atoms with Crippen LogP contribution in [0, 0.1) is 17.1 Å². The van der Waals surface area contributed by atoms with Crippen molar-refractivity contribution in [1.82, 2.24) is 14.9 Å². The number of ether oxygens (including phenoxy) is 1. The van der Waals surface area contributed by atoms with Crippen LogP contribution in [0.4, 0.5) is 10.2 Å². The Balaban J connectivity index is 1.62. The van der Waals surface area contributed by atoms with E-state index in [0.717, 1.165) is 29.4 Å². The Bertz CT molecular complexity index is 1370. The summed E-state index contributed by atoms with van der Waals surface area (Å²) in [5.41, 5.74) is 3.04. The highest BCUT2D eigenvalue weighted by atomic mass is 19.1. The van der Waals surface area contributed by atoms with E-state index >= 15 is 0 Å². The molecular weight excluding hydrogens is 449 g/mol. The monoisotopic (exact) mass is 473 g/mol. The smallest absolute Gasteiger partial charge is 0.246 e. The summed E-state index contributed by atoms with van der Waals surface area (Å²) in [7, 11) is 0. The lowest BCUT2D eigenvalue weighted by Gasteiger charge is -2.41. The van der Waals surface area contributed by atoms with Gasteiger partial charge in [-0.05, 0) is 48.2 Å². The Hall–Kier alpha value is -4.19. The van der Waals surface area contributed by atoms with Gasteiger partial charge < -0.3 is 19.6 Å². The first kappa shape index (κ1) is 22.6. The van der Waals surface area contributed by atoms with E-state index in [0.29, 0.717) is 48.9 Å². The fourth-order valence-corrected chi connectivity index (χ4v) is 4.95. The highest BCUT2D eigenvalue weighted by Gasteiger charge is 2.32. The molecule has 0 saturated carbocycles. The SMILES string of the molecule is C=CC(=O)N1CCN(c2ncnc3cc(-c4ccc(O)c(F)c4)c4c(c23)OCCC4)C[C@@H]1CC#N. The lowest BCUT2D eigenvalue weighted by Crippen LogP contribution is -2.55. The summed E-state index contributed by atoms with van der Waals surface area (Å²) < 4.78 is 20.3. The topological polar surface area (TPSA) is 103 Å². The van der Waals surface area contributed by atoms with Crippen LogP contribution < -0.4 is 9.64 Å². The molecule has 1 N–H and O–H groups in total. The molecule has 5 rings (SSSR count). The Labute approximate surface area is 201 Å². The zero-order valence-corrected chi connectivity index (χ0v) is 19.1.